The molecule has 50 heavy (non-hydrogen) atoms. The summed E-state index contributed by atoms with van der Waals surface area (Å²) in [6, 6.07) is 19.8. The summed E-state index contributed by atoms with van der Waals surface area (Å²) in [5.74, 6) is -0.318. The third-order valence-corrected chi connectivity index (χ3v) is 8.83. The first-order valence-electron chi connectivity index (χ1n) is 17.4. The zero-order valence-corrected chi connectivity index (χ0v) is 29.9. The van der Waals surface area contributed by atoms with Crippen LogP contribution >= 0.6 is 0 Å². The van der Waals surface area contributed by atoms with Gasteiger partial charge in [-0.2, -0.15) is 0 Å². The fourth-order valence-corrected chi connectivity index (χ4v) is 6.51. The molecule has 0 spiro atoms. The lowest BCUT2D eigenvalue weighted by Gasteiger charge is -2.31. The smallest absolute Gasteiger partial charge is 0.336 e. The molecule has 0 bridgehead atoms. The number of esters is 2. The van der Waals surface area contributed by atoms with E-state index in [2.05, 4.69) is 22.5 Å². The minimum atomic E-state index is -0.659. The molecule has 2 atom stereocenters. The number of ether oxygens (including phenoxy) is 4. The third-order valence-electron chi connectivity index (χ3n) is 8.83. The number of carbonyl (C=O) groups excluding carboxylic acids is 2. The van der Waals surface area contributed by atoms with Crippen LogP contribution in [0, 0.1) is 0 Å². The van der Waals surface area contributed by atoms with Gasteiger partial charge in [0, 0.05) is 41.3 Å². The Kier molecular flexibility index (Phi) is 12.2. The highest BCUT2D eigenvalue weighted by Gasteiger charge is 2.38. The fourth-order valence-electron chi connectivity index (χ4n) is 6.51. The van der Waals surface area contributed by atoms with Crippen molar-refractivity contribution in [2.75, 3.05) is 33.5 Å². The number of H-pyrrole nitrogens is 1. The Morgan fingerprint density at radius 3 is 2.34 bits per heavy atom. The van der Waals surface area contributed by atoms with Crippen molar-refractivity contribution in [1.82, 2.24) is 15.6 Å². The van der Waals surface area contributed by atoms with Crippen molar-refractivity contribution in [2.45, 2.75) is 71.9 Å². The minimum absolute atomic E-state index is 0.120. The number of aromatic nitrogens is 1. The summed E-state index contributed by atoms with van der Waals surface area (Å²) in [6.07, 6.45) is 1.51. The summed E-state index contributed by atoms with van der Waals surface area (Å²) >= 11 is 0. The lowest BCUT2D eigenvalue weighted by Crippen LogP contribution is -2.35. The number of carbonyl (C=O) groups is 2. The van der Waals surface area contributed by atoms with Gasteiger partial charge >= 0.3 is 11.9 Å². The Morgan fingerprint density at radius 2 is 1.60 bits per heavy atom. The minimum Gasteiger partial charge on any atom is -0.491 e. The average molecular weight is 684 g/mol. The molecule has 1 aliphatic heterocycles. The van der Waals surface area contributed by atoms with Gasteiger partial charge in [0.15, 0.2) is 0 Å². The van der Waals surface area contributed by atoms with E-state index in [1.807, 2.05) is 88.4 Å². The molecule has 4 aromatic rings. The lowest BCUT2D eigenvalue weighted by atomic mass is 9.78. The zero-order chi connectivity index (χ0) is 35.8. The highest BCUT2D eigenvalue weighted by molar-refractivity contribution is 6.12. The van der Waals surface area contributed by atoms with Crippen LogP contribution in [0.3, 0.4) is 0 Å². The molecular formula is C40H49N3O7. The van der Waals surface area contributed by atoms with Crippen LogP contribution in [0.2, 0.25) is 0 Å². The number of benzene rings is 3. The number of nitrogens with one attached hydrogen (secondary N) is 3. The average Bonchev–Trinajstić information content (AvgIpc) is 3.50. The summed E-state index contributed by atoms with van der Waals surface area (Å²) in [5.41, 5.74) is 5.76. The van der Waals surface area contributed by atoms with E-state index in [1.165, 1.54) is 7.11 Å². The summed E-state index contributed by atoms with van der Waals surface area (Å²) in [6.45, 7) is 10.8. The van der Waals surface area contributed by atoms with Gasteiger partial charge in [-0.3, -0.25) is 0 Å². The van der Waals surface area contributed by atoms with E-state index >= 15 is 0 Å². The molecule has 1 aliphatic rings. The SMILES string of the molecule is CCCc1ccccc1C1C(C(=O)OC)=C(C)NC(C)=C1C(=O)OCCCOc1ccc(OCC(O)CNC(C)C)c2c1[nH]c1ccccc12. The van der Waals surface area contributed by atoms with Crippen molar-refractivity contribution in [1.29, 1.82) is 0 Å². The molecule has 0 amide bonds. The molecule has 266 valence electrons. The van der Waals surface area contributed by atoms with Crippen LogP contribution in [0.1, 0.15) is 64.5 Å². The Bertz CT molecular complexity index is 1890. The van der Waals surface area contributed by atoms with E-state index in [0.717, 1.165) is 45.8 Å². The van der Waals surface area contributed by atoms with Crippen molar-refractivity contribution < 1.29 is 33.6 Å². The standard InChI is InChI=1S/C40H49N3O7/c1-7-13-27-14-8-9-15-29(27)37-34(39(45)47-6)25(4)42-26(5)35(37)40(46)49-21-12-20-48-33-19-18-32(50-23-28(44)22-41-24(2)3)36-30-16-10-11-17-31(30)43-38(33)36/h8-11,14-19,24,28,37,41-44H,7,12-13,20-23H2,1-6H3. The van der Waals surface area contributed by atoms with Gasteiger partial charge in [0.1, 0.15) is 24.2 Å². The summed E-state index contributed by atoms with van der Waals surface area (Å²) in [7, 11) is 1.35. The molecule has 2 heterocycles. The van der Waals surface area contributed by atoms with E-state index in [9.17, 15) is 14.7 Å². The Hall–Kier alpha value is -4.80. The summed E-state index contributed by atoms with van der Waals surface area (Å²) < 4.78 is 23.3. The predicted molar refractivity (Wildman–Crippen MR) is 195 cm³/mol. The number of rotatable bonds is 16. The molecule has 0 saturated carbocycles. The fraction of sp³-hybridized carbons (Fsp3) is 0.400. The molecule has 3 aromatic carbocycles. The maximum atomic E-state index is 13.8. The van der Waals surface area contributed by atoms with Gasteiger partial charge in [-0.1, -0.05) is 69.7 Å². The second-order valence-electron chi connectivity index (χ2n) is 12.9. The number of para-hydroxylation sites is 1. The van der Waals surface area contributed by atoms with Crippen molar-refractivity contribution >= 4 is 33.7 Å². The Balaban J connectivity index is 1.28. The lowest BCUT2D eigenvalue weighted by molar-refractivity contribution is -0.139. The van der Waals surface area contributed by atoms with Crippen LogP contribution in [-0.2, 0) is 25.5 Å². The van der Waals surface area contributed by atoms with Crippen LogP contribution in [0.25, 0.3) is 21.8 Å². The summed E-state index contributed by atoms with van der Waals surface area (Å²) in [4.78, 5) is 30.3. The second-order valence-corrected chi connectivity index (χ2v) is 12.9. The molecule has 0 fully saturated rings. The normalized spacial score (nSPS) is 15.4. The summed E-state index contributed by atoms with van der Waals surface area (Å²) in [5, 5.41) is 18.7. The van der Waals surface area contributed by atoms with Gasteiger partial charge in [-0.05, 0) is 49.6 Å². The van der Waals surface area contributed by atoms with Crippen molar-refractivity contribution in [3.63, 3.8) is 0 Å². The van der Waals surface area contributed by atoms with Crippen LogP contribution in [-0.4, -0.2) is 67.7 Å². The maximum absolute atomic E-state index is 13.8. The van der Waals surface area contributed by atoms with Gasteiger partial charge in [-0.15, -0.1) is 0 Å². The van der Waals surface area contributed by atoms with Gasteiger partial charge in [0.05, 0.1) is 48.3 Å². The van der Waals surface area contributed by atoms with E-state index in [4.69, 9.17) is 18.9 Å². The number of fused-ring (bicyclic) bond motifs is 3. The van der Waals surface area contributed by atoms with Crippen LogP contribution in [0.5, 0.6) is 11.5 Å². The zero-order valence-electron chi connectivity index (χ0n) is 29.9. The van der Waals surface area contributed by atoms with E-state index in [-0.39, 0.29) is 19.3 Å². The highest BCUT2D eigenvalue weighted by Crippen LogP contribution is 2.41. The van der Waals surface area contributed by atoms with Crippen molar-refractivity contribution in [3.05, 3.63) is 94.3 Å². The first kappa shape index (κ1) is 36.5. The van der Waals surface area contributed by atoms with E-state index < -0.39 is 24.0 Å². The molecule has 5 rings (SSSR count). The first-order chi connectivity index (χ1) is 24.1. The number of allylic oxidation sites excluding steroid dienone is 2. The van der Waals surface area contributed by atoms with Crippen molar-refractivity contribution in [2.24, 2.45) is 0 Å². The molecular weight excluding hydrogens is 634 g/mol. The number of aryl methyl sites for hydroxylation is 1. The van der Waals surface area contributed by atoms with Crippen molar-refractivity contribution in [3.8, 4) is 11.5 Å². The quantitative estimate of drug-likeness (QED) is 0.0780. The van der Waals surface area contributed by atoms with Crippen LogP contribution < -0.4 is 20.1 Å². The topological polar surface area (TPSA) is 131 Å². The number of dihydropyridines is 1. The largest absolute Gasteiger partial charge is 0.491 e. The number of hydrogen-bond donors (Lipinski definition) is 4. The van der Waals surface area contributed by atoms with Gasteiger partial charge in [-0.25, -0.2) is 9.59 Å². The van der Waals surface area contributed by atoms with Crippen LogP contribution in [0.4, 0.5) is 0 Å². The molecule has 2 unspecified atom stereocenters. The molecule has 4 N–H and O–H groups in total. The van der Waals surface area contributed by atoms with Gasteiger partial charge in [0.2, 0.25) is 0 Å². The molecule has 0 aliphatic carbocycles. The predicted octanol–water partition coefficient (Wildman–Crippen LogP) is 6.43. The van der Waals surface area contributed by atoms with Crippen LogP contribution in [0.15, 0.2) is 83.2 Å². The van der Waals surface area contributed by atoms with E-state index in [0.29, 0.717) is 53.6 Å². The molecule has 10 nitrogen and oxygen atoms in total. The number of aromatic amines is 1. The van der Waals surface area contributed by atoms with Gasteiger partial charge in [0.25, 0.3) is 0 Å². The second kappa shape index (κ2) is 16.7. The molecule has 10 heteroatoms. The van der Waals surface area contributed by atoms with E-state index in [1.54, 1.807) is 0 Å². The maximum Gasteiger partial charge on any atom is 0.336 e. The third kappa shape index (κ3) is 8.14. The number of aliphatic hydroxyl groups is 1. The highest BCUT2D eigenvalue weighted by atomic mass is 16.5. The Morgan fingerprint density at radius 1 is 0.900 bits per heavy atom. The molecule has 1 aromatic heterocycles. The monoisotopic (exact) mass is 683 g/mol. The molecule has 0 radical (unpaired) electrons. The molecule has 0 saturated heterocycles. The van der Waals surface area contributed by atoms with Gasteiger partial charge < -0.3 is 39.7 Å². The number of methoxy groups -OCH3 is 1. The number of hydrogen-bond acceptors (Lipinski definition) is 9. The first-order valence-corrected chi connectivity index (χ1v) is 17.4. The number of aliphatic hydroxyl groups excluding tert-OH is 1. The Labute approximate surface area is 293 Å².